The zero-order valence-electron chi connectivity index (χ0n) is 7.26. The number of hydrogen-bond acceptors (Lipinski definition) is 2. The van der Waals surface area contributed by atoms with E-state index in [4.69, 9.17) is 0 Å². The Bertz CT molecular complexity index is 229. The monoisotopic (exact) mass is 233 g/mol. The molecule has 12 heavy (non-hydrogen) atoms. The molecule has 3 nitrogen and oxygen atoms in total. The Hall–Kier alpha value is -0.380. The van der Waals surface area contributed by atoms with Crippen LogP contribution in [-0.2, 0) is 9.59 Å². The number of hydrogen-bond donors (Lipinski definition) is 0. The van der Waals surface area contributed by atoms with Crippen molar-refractivity contribution in [2.75, 3.05) is 12.4 Å². The largest absolute Gasteiger partial charge is 0.333 e. The van der Waals surface area contributed by atoms with E-state index in [1.165, 1.54) is 0 Å². The molecule has 1 aliphatic heterocycles. The van der Waals surface area contributed by atoms with Crippen LogP contribution in [0.25, 0.3) is 0 Å². The Balaban J connectivity index is 2.85. The molecular weight excluding hydrogens is 222 g/mol. The zero-order valence-corrected chi connectivity index (χ0v) is 8.85. The van der Waals surface area contributed by atoms with Crippen LogP contribution in [0, 0.1) is 0 Å². The van der Waals surface area contributed by atoms with Gasteiger partial charge in [0.1, 0.15) is 0 Å². The Kier molecular flexibility index (Phi) is 2.56. The number of amides is 1. The van der Waals surface area contributed by atoms with Gasteiger partial charge in [0.2, 0.25) is 5.91 Å². The van der Waals surface area contributed by atoms with Gasteiger partial charge in [-0.25, -0.2) is 0 Å². The van der Waals surface area contributed by atoms with Crippen molar-refractivity contribution in [1.82, 2.24) is 4.90 Å². The van der Waals surface area contributed by atoms with Gasteiger partial charge in [-0.2, -0.15) is 0 Å². The van der Waals surface area contributed by atoms with Gasteiger partial charge in [-0.1, -0.05) is 15.9 Å². The summed E-state index contributed by atoms with van der Waals surface area (Å²) in [4.78, 5) is 24.2. The van der Waals surface area contributed by atoms with Gasteiger partial charge in [-0.15, -0.1) is 0 Å². The number of likely N-dealkylation sites (tertiary alicyclic amines) is 1. The predicted molar refractivity (Wildman–Crippen MR) is 49.2 cm³/mol. The lowest BCUT2D eigenvalue weighted by atomic mass is 9.95. The fourth-order valence-corrected chi connectivity index (χ4v) is 2.04. The number of halogens is 1. The maximum absolute atomic E-state index is 11.5. The first kappa shape index (κ1) is 9.71. The van der Waals surface area contributed by atoms with Gasteiger partial charge in [0, 0.05) is 13.5 Å². The molecule has 0 aromatic heterocycles. The van der Waals surface area contributed by atoms with E-state index in [1.54, 1.807) is 11.9 Å². The summed E-state index contributed by atoms with van der Waals surface area (Å²) < 4.78 is 0. The van der Waals surface area contributed by atoms with Crippen molar-refractivity contribution in [2.24, 2.45) is 0 Å². The normalized spacial score (nSPS) is 29.6. The standard InChI is InChI=1S/C8H12BrNO2/c1-8(6(11)5-9)4-3-7(12)10(8)2/h3-5H2,1-2H3. The number of Topliss-reactive ketones (excluding diaryl/α,β-unsaturated/α-hetero) is 1. The summed E-state index contributed by atoms with van der Waals surface area (Å²) in [6, 6.07) is 0. The van der Waals surface area contributed by atoms with E-state index in [1.807, 2.05) is 6.92 Å². The molecular formula is C8H12BrNO2. The Morgan fingerprint density at radius 1 is 1.75 bits per heavy atom. The Morgan fingerprint density at radius 2 is 2.33 bits per heavy atom. The average molecular weight is 234 g/mol. The first-order valence-electron chi connectivity index (χ1n) is 3.88. The van der Waals surface area contributed by atoms with Crippen molar-refractivity contribution in [3.63, 3.8) is 0 Å². The first-order valence-corrected chi connectivity index (χ1v) is 5.00. The van der Waals surface area contributed by atoms with Crippen LogP contribution in [0.3, 0.4) is 0 Å². The lowest BCUT2D eigenvalue weighted by Gasteiger charge is -2.29. The lowest BCUT2D eigenvalue weighted by molar-refractivity contribution is -0.136. The van der Waals surface area contributed by atoms with Crippen molar-refractivity contribution in [3.8, 4) is 0 Å². The highest BCUT2D eigenvalue weighted by molar-refractivity contribution is 9.09. The number of carbonyl (C=O) groups is 2. The van der Waals surface area contributed by atoms with E-state index in [0.717, 1.165) is 0 Å². The van der Waals surface area contributed by atoms with E-state index < -0.39 is 5.54 Å². The fraction of sp³-hybridized carbons (Fsp3) is 0.750. The van der Waals surface area contributed by atoms with Crippen LogP contribution in [0.5, 0.6) is 0 Å². The minimum absolute atomic E-state index is 0.0619. The Labute approximate surface area is 80.2 Å². The molecule has 0 bridgehead atoms. The SMILES string of the molecule is CN1C(=O)CCC1(C)C(=O)CBr. The predicted octanol–water partition coefficient (Wildman–Crippen LogP) is 0.961. The molecule has 1 aliphatic rings. The van der Waals surface area contributed by atoms with Gasteiger partial charge >= 0.3 is 0 Å². The summed E-state index contributed by atoms with van der Waals surface area (Å²) in [7, 11) is 1.69. The maximum atomic E-state index is 11.5. The number of nitrogens with zero attached hydrogens (tertiary/aromatic N) is 1. The van der Waals surface area contributed by atoms with Gasteiger partial charge in [-0.3, -0.25) is 9.59 Å². The van der Waals surface area contributed by atoms with Gasteiger partial charge in [0.05, 0.1) is 10.9 Å². The molecule has 0 saturated carbocycles. The smallest absolute Gasteiger partial charge is 0.223 e. The molecule has 1 rings (SSSR count). The highest BCUT2D eigenvalue weighted by Crippen LogP contribution is 2.29. The van der Waals surface area contributed by atoms with Crippen LogP contribution in [0.2, 0.25) is 0 Å². The van der Waals surface area contributed by atoms with Crippen LogP contribution >= 0.6 is 15.9 Å². The van der Waals surface area contributed by atoms with E-state index in [-0.39, 0.29) is 11.7 Å². The second kappa shape index (κ2) is 3.17. The van der Waals surface area contributed by atoms with Crippen molar-refractivity contribution < 1.29 is 9.59 Å². The second-order valence-electron chi connectivity index (χ2n) is 3.28. The fourth-order valence-electron chi connectivity index (χ4n) is 1.43. The summed E-state index contributed by atoms with van der Waals surface area (Å²) >= 11 is 3.12. The van der Waals surface area contributed by atoms with Crippen LogP contribution in [-0.4, -0.2) is 34.5 Å². The van der Waals surface area contributed by atoms with E-state index in [0.29, 0.717) is 18.2 Å². The third-order valence-corrected chi connectivity index (χ3v) is 3.17. The highest BCUT2D eigenvalue weighted by atomic mass is 79.9. The molecule has 0 radical (unpaired) electrons. The van der Waals surface area contributed by atoms with Gasteiger partial charge in [0.15, 0.2) is 5.78 Å². The van der Waals surface area contributed by atoms with Crippen molar-refractivity contribution in [1.29, 1.82) is 0 Å². The summed E-state index contributed by atoms with van der Waals surface area (Å²) in [5, 5.41) is 0.321. The number of alkyl halides is 1. The second-order valence-corrected chi connectivity index (χ2v) is 3.84. The molecule has 1 saturated heterocycles. The van der Waals surface area contributed by atoms with Crippen molar-refractivity contribution in [2.45, 2.75) is 25.3 Å². The van der Waals surface area contributed by atoms with E-state index in [9.17, 15) is 9.59 Å². The van der Waals surface area contributed by atoms with Crippen molar-refractivity contribution in [3.05, 3.63) is 0 Å². The van der Waals surface area contributed by atoms with Gasteiger partial charge < -0.3 is 4.90 Å². The van der Waals surface area contributed by atoms with Crippen LogP contribution in [0.15, 0.2) is 0 Å². The Morgan fingerprint density at radius 3 is 2.67 bits per heavy atom. The molecule has 0 spiro atoms. The molecule has 0 aromatic carbocycles. The molecule has 1 amide bonds. The lowest BCUT2D eigenvalue weighted by Crippen LogP contribution is -2.47. The molecule has 68 valence electrons. The molecule has 1 atom stereocenters. The molecule has 1 fully saturated rings. The summed E-state index contributed by atoms with van der Waals surface area (Å²) in [6.45, 7) is 1.82. The molecule has 4 heteroatoms. The molecule has 1 heterocycles. The minimum atomic E-state index is -0.569. The third kappa shape index (κ3) is 1.28. The number of likely N-dealkylation sites (N-methyl/N-ethyl adjacent to an activating group) is 1. The molecule has 0 N–H and O–H groups in total. The van der Waals surface area contributed by atoms with Gasteiger partial charge in [0.25, 0.3) is 0 Å². The van der Waals surface area contributed by atoms with Crippen molar-refractivity contribution >= 4 is 27.6 Å². The molecule has 0 aromatic rings. The highest BCUT2D eigenvalue weighted by Gasteiger charge is 2.43. The summed E-state index contributed by atoms with van der Waals surface area (Å²) in [5.74, 6) is 0.141. The maximum Gasteiger partial charge on any atom is 0.223 e. The minimum Gasteiger partial charge on any atom is -0.333 e. The first-order chi connectivity index (χ1) is 5.52. The molecule has 0 aliphatic carbocycles. The van der Waals surface area contributed by atoms with E-state index >= 15 is 0 Å². The van der Waals surface area contributed by atoms with Crippen LogP contribution in [0.1, 0.15) is 19.8 Å². The number of ketones is 1. The number of carbonyl (C=O) groups excluding carboxylic acids is 2. The van der Waals surface area contributed by atoms with Crippen LogP contribution < -0.4 is 0 Å². The summed E-state index contributed by atoms with van der Waals surface area (Å²) in [5.41, 5.74) is -0.569. The topological polar surface area (TPSA) is 37.4 Å². The third-order valence-electron chi connectivity index (χ3n) is 2.66. The quantitative estimate of drug-likeness (QED) is 0.667. The average Bonchev–Trinajstić information content (AvgIpc) is 2.33. The van der Waals surface area contributed by atoms with Crippen LogP contribution in [0.4, 0.5) is 0 Å². The van der Waals surface area contributed by atoms with E-state index in [2.05, 4.69) is 15.9 Å². The zero-order chi connectivity index (χ0) is 9.35. The summed E-state index contributed by atoms with van der Waals surface area (Å²) in [6.07, 6.45) is 1.14. The number of rotatable bonds is 2. The molecule has 1 unspecified atom stereocenters. The van der Waals surface area contributed by atoms with Gasteiger partial charge in [-0.05, 0) is 13.3 Å².